The van der Waals surface area contributed by atoms with E-state index in [-0.39, 0.29) is 17.0 Å². The number of halogens is 1. The number of hydrogen-bond acceptors (Lipinski definition) is 7. The highest BCUT2D eigenvalue weighted by Crippen LogP contribution is 2.33. The molecule has 3 N–H and O–H groups in total. The monoisotopic (exact) mass is 334 g/mol. The van der Waals surface area contributed by atoms with Gasteiger partial charge in [-0.3, -0.25) is 0 Å². The molecule has 1 aromatic carbocycles. The number of benzene rings is 1. The molecule has 2 aromatic rings. The maximum Gasteiger partial charge on any atom is 0.360 e. The van der Waals surface area contributed by atoms with Crippen LogP contribution >= 0.6 is 0 Å². The maximum atomic E-state index is 14.6. The minimum absolute atomic E-state index is 0.0796. The Labute approximate surface area is 138 Å². The number of carbonyl (C=O) groups is 1. The van der Waals surface area contributed by atoms with Gasteiger partial charge in [0.25, 0.3) is 0 Å². The molecule has 24 heavy (non-hydrogen) atoms. The van der Waals surface area contributed by atoms with Gasteiger partial charge in [-0.15, -0.1) is 5.10 Å². The number of carbonyl (C=O) groups excluding carboxylic acids is 1. The fourth-order valence-corrected chi connectivity index (χ4v) is 2.74. The third-order valence-corrected chi connectivity index (χ3v) is 4.14. The Bertz CT molecular complexity index is 754. The summed E-state index contributed by atoms with van der Waals surface area (Å²) in [7, 11) is 3.27. The van der Waals surface area contributed by atoms with E-state index in [0.29, 0.717) is 11.4 Å². The number of nitrogens with two attached hydrogens (primary N) is 1. The molecule has 1 fully saturated rings. The van der Waals surface area contributed by atoms with Gasteiger partial charge in [0.05, 0.1) is 18.5 Å². The smallest absolute Gasteiger partial charge is 0.360 e. The first-order valence-electron chi connectivity index (χ1n) is 7.53. The number of piperazine rings is 1. The topological polar surface area (TPSA) is 100 Å². The Morgan fingerprint density at radius 3 is 2.67 bits per heavy atom. The Morgan fingerprint density at radius 1 is 1.29 bits per heavy atom. The number of aromatic amines is 1. The van der Waals surface area contributed by atoms with Gasteiger partial charge in [-0.25, -0.2) is 9.18 Å². The molecule has 0 spiro atoms. The quantitative estimate of drug-likeness (QED) is 0.630. The second kappa shape index (κ2) is 6.44. The summed E-state index contributed by atoms with van der Waals surface area (Å²) in [5, 5.41) is 9.89. The zero-order chi connectivity index (χ0) is 17.3. The number of nitrogens with one attached hydrogen (secondary N) is 1. The summed E-state index contributed by atoms with van der Waals surface area (Å²) in [5.74, 6) is -1.21. The van der Waals surface area contributed by atoms with E-state index in [9.17, 15) is 9.18 Å². The van der Waals surface area contributed by atoms with E-state index in [1.165, 1.54) is 19.2 Å². The number of nitrogens with zero attached hydrogens (tertiary/aromatic N) is 4. The van der Waals surface area contributed by atoms with E-state index in [1.807, 2.05) is 11.9 Å². The van der Waals surface area contributed by atoms with Gasteiger partial charge in [0, 0.05) is 31.7 Å². The molecule has 128 valence electrons. The highest BCUT2D eigenvalue weighted by molar-refractivity contribution is 5.94. The lowest BCUT2D eigenvalue weighted by molar-refractivity contribution is 0.0595. The van der Waals surface area contributed by atoms with Crippen molar-refractivity contribution in [1.82, 2.24) is 20.3 Å². The van der Waals surface area contributed by atoms with E-state index in [4.69, 9.17) is 5.73 Å². The summed E-state index contributed by atoms with van der Waals surface area (Å²) in [6.07, 6.45) is 0. The van der Waals surface area contributed by atoms with Gasteiger partial charge >= 0.3 is 5.97 Å². The number of ether oxygens (including phenoxy) is 1. The van der Waals surface area contributed by atoms with Crippen LogP contribution in [0.3, 0.4) is 0 Å². The summed E-state index contributed by atoms with van der Waals surface area (Å²) in [4.78, 5) is 16.0. The standard InChI is InChI=1S/C15H19FN6O2/c1-21-3-5-22(6-4-21)12-8-10(16)9(7-11(12)17)13-14(15(23)24-2)19-20-18-13/h7-8H,3-6,17H2,1-2H3,(H,18,19,20). The Kier molecular flexibility index (Phi) is 4.34. The highest BCUT2D eigenvalue weighted by Gasteiger charge is 2.24. The largest absolute Gasteiger partial charge is 0.464 e. The first-order chi connectivity index (χ1) is 11.5. The number of nitrogen functional groups attached to an aromatic ring is 1. The molecule has 9 heteroatoms. The number of anilines is 2. The van der Waals surface area contributed by atoms with Crippen molar-refractivity contribution in [3.8, 4) is 11.3 Å². The molecule has 1 aliphatic heterocycles. The number of aromatic nitrogens is 3. The zero-order valence-electron chi connectivity index (χ0n) is 13.5. The summed E-state index contributed by atoms with van der Waals surface area (Å²) < 4.78 is 19.3. The predicted molar refractivity (Wildman–Crippen MR) is 87.2 cm³/mol. The lowest BCUT2D eigenvalue weighted by atomic mass is 10.1. The summed E-state index contributed by atoms with van der Waals surface area (Å²) in [6.45, 7) is 3.32. The molecule has 3 rings (SSSR count). The van der Waals surface area contributed by atoms with Crippen LogP contribution in [-0.2, 0) is 4.74 Å². The van der Waals surface area contributed by atoms with Crippen LogP contribution in [0.15, 0.2) is 12.1 Å². The van der Waals surface area contributed by atoms with E-state index in [0.717, 1.165) is 26.2 Å². The normalized spacial score (nSPS) is 15.5. The van der Waals surface area contributed by atoms with Gasteiger partial charge in [0.15, 0.2) is 5.69 Å². The second-order valence-corrected chi connectivity index (χ2v) is 5.69. The van der Waals surface area contributed by atoms with Crippen molar-refractivity contribution in [2.45, 2.75) is 0 Å². The number of likely N-dealkylation sites (N-methyl/N-ethyl adjacent to an activating group) is 1. The molecule has 0 bridgehead atoms. The minimum atomic E-state index is -0.695. The molecule has 0 radical (unpaired) electrons. The maximum absolute atomic E-state index is 14.6. The van der Waals surface area contributed by atoms with E-state index >= 15 is 0 Å². The average Bonchev–Trinajstić information content (AvgIpc) is 3.06. The summed E-state index contributed by atoms with van der Waals surface area (Å²) in [5.41, 5.74) is 7.31. The van der Waals surface area contributed by atoms with Crippen molar-refractivity contribution < 1.29 is 13.9 Å². The van der Waals surface area contributed by atoms with Crippen molar-refractivity contribution >= 4 is 17.3 Å². The molecule has 0 atom stereocenters. The van der Waals surface area contributed by atoms with Crippen LogP contribution in [0.25, 0.3) is 11.3 Å². The van der Waals surface area contributed by atoms with Crippen LogP contribution in [0.1, 0.15) is 10.5 Å². The van der Waals surface area contributed by atoms with Crippen LogP contribution in [0.5, 0.6) is 0 Å². The van der Waals surface area contributed by atoms with Crippen LogP contribution in [-0.4, -0.2) is 66.6 Å². The lowest BCUT2D eigenvalue weighted by Gasteiger charge is -2.34. The van der Waals surface area contributed by atoms with Crippen LogP contribution in [0, 0.1) is 5.82 Å². The Hall–Kier alpha value is -2.68. The SMILES string of the molecule is COC(=O)c1n[nH]nc1-c1cc(N)c(N2CCN(C)CC2)cc1F. The van der Waals surface area contributed by atoms with E-state index in [2.05, 4.69) is 25.0 Å². The van der Waals surface area contributed by atoms with Crippen LogP contribution in [0.2, 0.25) is 0 Å². The first-order valence-corrected chi connectivity index (χ1v) is 7.53. The van der Waals surface area contributed by atoms with Gasteiger partial charge < -0.3 is 20.3 Å². The molecule has 0 saturated carbocycles. The molecule has 8 nitrogen and oxygen atoms in total. The molecule has 0 amide bonds. The molecule has 1 saturated heterocycles. The number of esters is 1. The third-order valence-electron chi connectivity index (χ3n) is 4.14. The molecule has 0 aliphatic carbocycles. The molecular formula is C15H19FN6O2. The summed E-state index contributed by atoms with van der Waals surface area (Å²) >= 11 is 0. The molecule has 1 aromatic heterocycles. The number of H-pyrrole nitrogens is 1. The number of hydrogen-bond donors (Lipinski definition) is 2. The third kappa shape index (κ3) is 2.90. The van der Waals surface area contributed by atoms with Crippen LogP contribution in [0.4, 0.5) is 15.8 Å². The fraction of sp³-hybridized carbons (Fsp3) is 0.400. The van der Waals surface area contributed by atoms with Crippen molar-refractivity contribution in [3.05, 3.63) is 23.6 Å². The van der Waals surface area contributed by atoms with Gasteiger partial charge in [0.1, 0.15) is 11.5 Å². The minimum Gasteiger partial charge on any atom is -0.464 e. The van der Waals surface area contributed by atoms with Gasteiger partial charge in [0.2, 0.25) is 0 Å². The number of rotatable bonds is 3. The number of methoxy groups -OCH3 is 1. The Balaban J connectivity index is 1.96. The summed E-state index contributed by atoms with van der Waals surface area (Å²) in [6, 6.07) is 2.86. The molecule has 0 unspecified atom stereocenters. The highest BCUT2D eigenvalue weighted by atomic mass is 19.1. The zero-order valence-corrected chi connectivity index (χ0v) is 13.5. The van der Waals surface area contributed by atoms with Gasteiger partial charge in [-0.05, 0) is 19.2 Å². The fourth-order valence-electron chi connectivity index (χ4n) is 2.74. The van der Waals surface area contributed by atoms with Crippen molar-refractivity contribution in [2.24, 2.45) is 0 Å². The van der Waals surface area contributed by atoms with E-state index in [1.54, 1.807) is 0 Å². The first kappa shape index (κ1) is 16.2. The van der Waals surface area contributed by atoms with Gasteiger partial charge in [-0.2, -0.15) is 10.3 Å². The molecular weight excluding hydrogens is 315 g/mol. The van der Waals surface area contributed by atoms with Crippen molar-refractivity contribution in [2.75, 3.05) is 51.0 Å². The average molecular weight is 334 g/mol. The van der Waals surface area contributed by atoms with Crippen molar-refractivity contribution in [1.29, 1.82) is 0 Å². The van der Waals surface area contributed by atoms with Crippen molar-refractivity contribution in [3.63, 3.8) is 0 Å². The van der Waals surface area contributed by atoms with E-state index < -0.39 is 11.8 Å². The Morgan fingerprint density at radius 2 is 2.00 bits per heavy atom. The molecule has 1 aliphatic rings. The lowest BCUT2D eigenvalue weighted by Crippen LogP contribution is -2.44. The second-order valence-electron chi connectivity index (χ2n) is 5.69. The van der Waals surface area contributed by atoms with Gasteiger partial charge in [-0.1, -0.05) is 0 Å². The van der Waals surface area contributed by atoms with Crippen LogP contribution < -0.4 is 10.6 Å². The molecule has 2 heterocycles. The predicted octanol–water partition coefficient (Wildman–Crippen LogP) is 0.731.